The Morgan fingerprint density at radius 3 is 2.57 bits per heavy atom. The van der Waals surface area contributed by atoms with E-state index in [-0.39, 0.29) is 5.84 Å². The molecule has 3 N–H and O–H groups in total. The van der Waals surface area contributed by atoms with Gasteiger partial charge < -0.3 is 10.6 Å². The molecule has 1 saturated heterocycles. The molecule has 1 heterocycles. The van der Waals surface area contributed by atoms with Gasteiger partial charge in [0.05, 0.1) is 5.69 Å². The number of rotatable bonds is 2. The van der Waals surface area contributed by atoms with Crippen LogP contribution in [0.4, 0.5) is 5.69 Å². The zero-order valence-electron chi connectivity index (χ0n) is 13.2. The first kappa shape index (κ1) is 16.3. The molecule has 0 amide bonds. The molecule has 1 fully saturated rings. The van der Waals surface area contributed by atoms with Gasteiger partial charge in [-0.15, -0.1) is 0 Å². The van der Waals surface area contributed by atoms with E-state index in [0.29, 0.717) is 5.41 Å². The van der Waals surface area contributed by atoms with E-state index >= 15 is 0 Å². The number of amidine groups is 1. The number of halogens is 1. The second-order valence-electron chi connectivity index (χ2n) is 7.06. The molecule has 1 aromatic carbocycles. The normalized spacial score (nSPS) is 20.2. The molecule has 21 heavy (non-hydrogen) atoms. The molecular formula is C17H26BrN3. The first-order valence-corrected chi connectivity index (χ1v) is 8.47. The SMILES string of the molecule is CC(C)(C)C1CCCN(c2ccc(C(=N)N)cc2Br)CC1. The second-order valence-corrected chi connectivity index (χ2v) is 7.92. The Bertz CT molecular complexity index is 519. The molecule has 0 saturated carbocycles. The predicted octanol–water partition coefficient (Wildman–Crippen LogP) is 4.39. The van der Waals surface area contributed by atoms with E-state index < -0.39 is 0 Å². The van der Waals surface area contributed by atoms with E-state index in [0.717, 1.165) is 29.0 Å². The van der Waals surface area contributed by atoms with Gasteiger partial charge in [-0.2, -0.15) is 0 Å². The first-order valence-electron chi connectivity index (χ1n) is 7.68. The Kier molecular flexibility index (Phi) is 4.97. The van der Waals surface area contributed by atoms with Crippen molar-refractivity contribution in [3.63, 3.8) is 0 Å². The minimum absolute atomic E-state index is 0.117. The Balaban J connectivity index is 2.14. The van der Waals surface area contributed by atoms with Gasteiger partial charge in [0, 0.05) is 23.1 Å². The fourth-order valence-electron chi connectivity index (χ4n) is 3.13. The summed E-state index contributed by atoms with van der Waals surface area (Å²) < 4.78 is 1.03. The van der Waals surface area contributed by atoms with Crippen molar-refractivity contribution in [3.8, 4) is 0 Å². The van der Waals surface area contributed by atoms with Crippen LogP contribution in [0.3, 0.4) is 0 Å². The van der Waals surface area contributed by atoms with Gasteiger partial charge in [0.25, 0.3) is 0 Å². The summed E-state index contributed by atoms with van der Waals surface area (Å²) in [6.45, 7) is 9.26. The molecule has 1 aliphatic heterocycles. The second kappa shape index (κ2) is 6.39. The monoisotopic (exact) mass is 351 g/mol. The summed E-state index contributed by atoms with van der Waals surface area (Å²) in [5.41, 5.74) is 7.93. The van der Waals surface area contributed by atoms with E-state index in [1.165, 1.54) is 24.9 Å². The van der Waals surface area contributed by atoms with Gasteiger partial charge in [-0.1, -0.05) is 20.8 Å². The molecule has 116 valence electrons. The van der Waals surface area contributed by atoms with Crippen LogP contribution in [0.5, 0.6) is 0 Å². The fraction of sp³-hybridized carbons (Fsp3) is 0.588. The molecule has 4 heteroatoms. The van der Waals surface area contributed by atoms with Crippen LogP contribution < -0.4 is 10.6 Å². The minimum atomic E-state index is 0.117. The van der Waals surface area contributed by atoms with Gasteiger partial charge in [-0.05, 0) is 64.7 Å². The summed E-state index contributed by atoms with van der Waals surface area (Å²) in [6.07, 6.45) is 3.79. The van der Waals surface area contributed by atoms with Crippen LogP contribution in [0.2, 0.25) is 0 Å². The maximum Gasteiger partial charge on any atom is 0.122 e. The summed E-state index contributed by atoms with van der Waals surface area (Å²) in [6, 6.07) is 5.97. The predicted molar refractivity (Wildman–Crippen MR) is 94.2 cm³/mol. The number of benzene rings is 1. The van der Waals surface area contributed by atoms with Gasteiger partial charge >= 0.3 is 0 Å². The highest BCUT2D eigenvalue weighted by Gasteiger charge is 2.27. The van der Waals surface area contributed by atoms with Crippen LogP contribution >= 0.6 is 15.9 Å². The van der Waals surface area contributed by atoms with Crippen LogP contribution in [0.25, 0.3) is 0 Å². The van der Waals surface area contributed by atoms with Crippen molar-refractivity contribution in [2.75, 3.05) is 18.0 Å². The quantitative estimate of drug-likeness (QED) is 0.613. The highest BCUT2D eigenvalue weighted by Crippen LogP contribution is 2.36. The highest BCUT2D eigenvalue weighted by atomic mass is 79.9. The number of hydrogen-bond donors (Lipinski definition) is 2. The number of hydrogen-bond acceptors (Lipinski definition) is 2. The third kappa shape index (κ3) is 4.00. The minimum Gasteiger partial charge on any atom is -0.384 e. The van der Waals surface area contributed by atoms with Crippen LogP contribution in [0, 0.1) is 16.7 Å². The van der Waals surface area contributed by atoms with Crippen molar-refractivity contribution in [3.05, 3.63) is 28.2 Å². The maximum atomic E-state index is 7.52. The molecule has 0 bridgehead atoms. The zero-order chi connectivity index (χ0) is 15.6. The van der Waals surface area contributed by atoms with Crippen LogP contribution in [-0.4, -0.2) is 18.9 Å². The lowest BCUT2D eigenvalue weighted by molar-refractivity contribution is 0.220. The fourth-order valence-corrected chi connectivity index (χ4v) is 3.76. The average Bonchev–Trinajstić information content (AvgIpc) is 2.63. The zero-order valence-corrected chi connectivity index (χ0v) is 14.8. The van der Waals surface area contributed by atoms with E-state index in [1.54, 1.807) is 0 Å². The van der Waals surface area contributed by atoms with Crippen molar-refractivity contribution in [2.24, 2.45) is 17.1 Å². The smallest absolute Gasteiger partial charge is 0.122 e. The Morgan fingerprint density at radius 1 is 1.29 bits per heavy atom. The number of anilines is 1. The van der Waals surface area contributed by atoms with Crippen LogP contribution in [0.15, 0.2) is 22.7 Å². The lowest BCUT2D eigenvalue weighted by Gasteiger charge is -2.30. The van der Waals surface area contributed by atoms with Gasteiger partial charge in [0.2, 0.25) is 0 Å². The molecule has 1 atom stereocenters. The van der Waals surface area contributed by atoms with Crippen molar-refractivity contribution in [2.45, 2.75) is 40.0 Å². The van der Waals surface area contributed by atoms with Gasteiger partial charge in [-0.3, -0.25) is 5.41 Å². The molecule has 1 unspecified atom stereocenters. The molecule has 0 radical (unpaired) electrons. The third-order valence-electron chi connectivity index (χ3n) is 4.55. The van der Waals surface area contributed by atoms with Gasteiger partial charge in [0.15, 0.2) is 0 Å². The molecule has 2 rings (SSSR count). The molecule has 0 aromatic heterocycles. The largest absolute Gasteiger partial charge is 0.384 e. The van der Waals surface area contributed by atoms with Crippen molar-refractivity contribution < 1.29 is 0 Å². The maximum absolute atomic E-state index is 7.52. The summed E-state index contributed by atoms with van der Waals surface area (Å²) in [4.78, 5) is 2.46. The van der Waals surface area contributed by atoms with Crippen molar-refractivity contribution in [1.29, 1.82) is 5.41 Å². The van der Waals surface area contributed by atoms with E-state index in [1.807, 2.05) is 12.1 Å². The van der Waals surface area contributed by atoms with E-state index in [9.17, 15) is 0 Å². The average molecular weight is 352 g/mol. The number of nitrogens with one attached hydrogen (secondary N) is 1. The molecule has 0 aliphatic carbocycles. The summed E-state index contributed by atoms with van der Waals surface area (Å²) >= 11 is 3.64. The molecule has 3 nitrogen and oxygen atoms in total. The molecule has 1 aromatic rings. The third-order valence-corrected chi connectivity index (χ3v) is 5.19. The highest BCUT2D eigenvalue weighted by molar-refractivity contribution is 9.10. The first-order chi connectivity index (χ1) is 9.79. The van der Waals surface area contributed by atoms with Gasteiger partial charge in [0.1, 0.15) is 5.84 Å². The van der Waals surface area contributed by atoms with Crippen LogP contribution in [0.1, 0.15) is 45.6 Å². The summed E-state index contributed by atoms with van der Waals surface area (Å²) in [5.74, 6) is 0.906. The lowest BCUT2D eigenvalue weighted by atomic mass is 9.77. The Labute approximate surface area is 136 Å². The van der Waals surface area contributed by atoms with Crippen molar-refractivity contribution >= 4 is 27.5 Å². The molecular weight excluding hydrogens is 326 g/mol. The summed E-state index contributed by atoms with van der Waals surface area (Å²) in [7, 11) is 0. The lowest BCUT2D eigenvalue weighted by Crippen LogP contribution is -2.26. The Hall–Kier alpha value is -1.03. The van der Waals surface area contributed by atoms with Crippen molar-refractivity contribution in [1.82, 2.24) is 0 Å². The number of nitrogen functional groups attached to an aromatic ring is 1. The molecule has 1 aliphatic rings. The topological polar surface area (TPSA) is 53.1 Å². The van der Waals surface area contributed by atoms with E-state index in [2.05, 4.69) is 47.7 Å². The summed E-state index contributed by atoms with van der Waals surface area (Å²) in [5, 5.41) is 7.52. The van der Waals surface area contributed by atoms with Crippen LogP contribution in [-0.2, 0) is 0 Å². The standard InChI is InChI=1S/C17H26BrN3/c1-17(2,3)13-5-4-9-21(10-8-13)15-7-6-12(16(19)20)11-14(15)18/h6-7,11,13H,4-5,8-10H2,1-3H3,(H3,19,20). The number of nitrogens with two attached hydrogens (primary N) is 1. The van der Waals surface area contributed by atoms with Gasteiger partial charge in [-0.25, -0.2) is 0 Å². The Morgan fingerprint density at radius 2 is 2.00 bits per heavy atom. The number of nitrogens with zero attached hydrogens (tertiary/aromatic N) is 1. The van der Waals surface area contributed by atoms with E-state index in [4.69, 9.17) is 11.1 Å². The molecule has 0 spiro atoms.